The lowest BCUT2D eigenvalue weighted by molar-refractivity contribution is -0.143. The van der Waals surface area contributed by atoms with E-state index in [1.54, 1.807) is 23.9 Å². The molecule has 0 aliphatic rings. The number of fused-ring (bicyclic) bond motifs is 1. The van der Waals surface area contributed by atoms with Gasteiger partial charge < -0.3 is 10.1 Å². The Bertz CT molecular complexity index is 1360. The van der Waals surface area contributed by atoms with E-state index in [2.05, 4.69) is 31.1 Å². The number of hydrogen-bond donors (Lipinski definition) is 1. The van der Waals surface area contributed by atoms with Crippen LogP contribution in [-0.2, 0) is 21.4 Å². The molecule has 0 saturated heterocycles. The van der Waals surface area contributed by atoms with Gasteiger partial charge in [-0.2, -0.15) is 5.10 Å². The molecule has 0 unspecified atom stereocenters. The summed E-state index contributed by atoms with van der Waals surface area (Å²) in [6.45, 7) is 8.41. The Morgan fingerprint density at radius 1 is 1.03 bits per heavy atom. The number of carbonyl (C=O) groups is 2. The second-order valence-electron chi connectivity index (χ2n) is 9.39. The van der Waals surface area contributed by atoms with Crippen molar-refractivity contribution in [2.45, 2.75) is 46.0 Å². The molecule has 0 aliphatic heterocycles. The lowest BCUT2D eigenvalue weighted by Gasteiger charge is -2.14. The molecule has 0 radical (unpaired) electrons. The molecule has 0 saturated carbocycles. The Balaban J connectivity index is 1.67. The van der Waals surface area contributed by atoms with Gasteiger partial charge in [-0.25, -0.2) is 4.68 Å². The quantitative estimate of drug-likeness (QED) is 0.362. The molecule has 4 aromatic rings. The van der Waals surface area contributed by atoms with Crippen LogP contribution in [0, 0.1) is 0 Å². The minimum Gasteiger partial charge on any atom is -0.466 e. The molecular weight excluding hydrogens is 440 g/mol. The summed E-state index contributed by atoms with van der Waals surface area (Å²) in [6.07, 6.45) is 2.55. The zero-order chi connectivity index (χ0) is 25.0. The van der Waals surface area contributed by atoms with E-state index in [1.807, 2.05) is 54.6 Å². The molecule has 35 heavy (non-hydrogen) atoms. The molecular formula is C28H30N4O3. The number of rotatable bonds is 7. The maximum atomic E-state index is 13.3. The lowest BCUT2D eigenvalue weighted by atomic mass is 9.92. The monoisotopic (exact) mass is 470 g/mol. The number of amides is 1. The summed E-state index contributed by atoms with van der Waals surface area (Å²) in [4.78, 5) is 29.5. The average Bonchev–Trinajstić information content (AvgIpc) is 3.27. The summed E-state index contributed by atoms with van der Waals surface area (Å²) >= 11 is 0. The van der Waals surface area contributed by atoms with Crippen LogP contribution in [0.3, 0.4) is 0 Å². The van der Waals surface area contributed by atoms with Crippen molar-refractivity contribution in [2.24, 2.45) is 0 Å². The molecule has 7 heteroatoms. The van der Waals surface area contributed by atoms with Gasteiger partial charge in [0.1, 0.15) is 5.82 Å². The third-order valence-corrected chi connectivity index (χ3v) is 5.67. The number of nitrogens with one attached hydrogen (secondary N) is 1. The highest BCUT2D eigenvalue weighted by atomic mass is 16.5. The van der Waals surface area contributed by atoms with Gasteiger partial charge in [0.15, 0.2) is 0 Å². The van der Waals surface area contributed by atoms with Gasteiger partial charge in [-0.15, -0.1) is 0 Å². The zero-order valence-corrected chi connectivity index (χ0v) is 20.5. The van der Waals surface area contributed by atoms with Crippen molar-refractivity contribution in [1.82, 2.24) is 14.8 Å². The topological polar surface area (TPSA) is 86.1 Å². The van der Waals surface area contributed by atoms with Crippen molar-refractivity contribution in [3.8, 4) is 5.69 Å². The summed E-state index contributed by atoms with van der Waals surface area (Å²) in [7, 11) is 0. The molecule has 0 atom stereocenters. The van der Waals surface area contributed by atoms with Gasteiger partial charge in [0.05, 0.1) is 29.1 Å². The van der Waals surface area contributed by atoms with E-state index in [0.717, 1.165) is 22.3 Å². The highest BCUT2D eigenvalue weighted by molar-refractivity contribution is 6.11. The van der Waals surface area contributed by atoms with Crippen molar-refractivity contribution in [3.05, 3.63) is 83.7 Å². The number of aromatic nitrogens is 3. The molecule has 4 rings (SSSR count). The Morgan fingerprint density at radius 3 is 2.57 bits per heavy atom. The molecule has 7 nitrogen and oxygen atoms in total. The Morgan fingerprint density at radius 2 is 1.80 bits per heavy atom. The molecule has 0 fully saturated rings. The van der Waals surface area contributed by atoms with Crippen molar-refractivity contribution >= 4 is 28.6 Å². The number of pyridine rings is 1. The van der Waals surface area contributed by atoms with E-state index in [-0.39, 0.29) is 17.3 Å². The van der Waals surface area contributed by atoms with Gasteiger partial charge in [-0.3, -0.25) is 14.6 Å². The van der Waals surface area contributed by atoms with Crippen LogP contribution < -0.4 is 5.32 Å². The van der Waals surface area contributed by atoms with Crippen LogP contribution in [0.4, 0.5) is 5.82 Å². The summed E-state index contributed by atoms with van der Waals surface area (Å²) in [5.41, 5.74) is 3.56. The molecule has 2 aromatic heterocycles. The first-order valence-electron chi connectivity index (χ1n) is 11.8. The number of nitrogens with zero attached hydrogens (tertiary/aromatic N) is 3. The van der Waals surface area contributed by atoms with E-state index in [4.69, 9.17) is 9.84 Å². The fourth-order valence-electron chi connectivity index (χ4n) is 3.83. The van der Waals surface area contributed by atoms with Crippen molar-refractivity contribution in [1.29, 1.82) is 0 Å². The number of anilines is 1. The van der Waals surface area contributed by atoms with Gasteiger partial charge in [-0.05, 0) is 43.2 Å². The zero-order valence-electron chi connectivity index (χ0n) is 20.5. The Kier molecular flexibility index (Phi) is 6.96. The number of carbonyl (C=O) groups excluding carboxylic acids is 2. The molecule has 2 aromatic carbocycles. The molecule has 180 valence electrons. The lowest BCUT2D eigenvalue weighted by Crippen LogP contribution is -2.16. The van der Waals surface area contributed by atoms with Crippen LogP contribution in [0.25, 0.3) is 16.6 Å². The second-order valence-corrected chi connectivity index (χ2v) is 9.39. The van der Waals surface area contributed by atoms with E-state index in [0.29, 0.717) is 36.3 Å². The fraction of sp³-hybridized carbons (Fsp3) is 0.286. The maximum Gasteiger partial charge on any atom is 0.306 e. The number of hydrogen-bond acceptors (Lipinski definition) is 5. The summed E-state index contributed by atoms with van der Waals surface area (Å²) in [6, 6.07) is 19.1. The minimum absolute atomic E-state index is 0.215. The number of benzene rings is 2. The summed E-state index contributed by atoms with van der Waals surface area (Å²) in [5, 5.41) is 8.77. The normalized spacial score (nSPS) is 11.4. The smallest absolute Gasteiger partial charge is 0.306 e. The molecule has 2 heterocycles. The third-order valence-electron chi connectivity index (χ3n) is 5.67. The summed E-state index contributed by atoms with van der Waals surface area (Å²) < 4.78 is 6.79. The number of aryl methyl sites for hydroxylation is 1. The number of ether oxygens (including phenoxy) is 1. The van der Waals surface area contributed by atoms with E-state index in [1.165, 1.54) is 0 Å². The van der Waals surface area contributed by atoms with Gasteiger partial charge in [-0.1, -0.05) is 51.1 Å². The average molecular weight is 471 g/mol. The van der Waals surface area contributed by atoms with E-state index >= 15 is 0 Å². The van der Waals surface area contributed by atoms with Crippen LogP contribution in [0.15, 0.2) is 66.9 Å². The molecule has 0 aliphatic carbocycles. The van der Waals surface area contributed by atoms with Crippen molar-refractivity contribution in [2.75, 3.05) is 11.9 Å². The Hall–Kier alpha value is -4.00. The number of para-hydroxylation sites is 1. The van der Waals surface area contributed by atoms with Crippen molar-refractivity contribution < 1.29 is 14.3 Å². The largest absolute Gasteiger partial charge is 0.466 e. The SMILES string of the molecule is CCOC(=O)CCc1cccc(-n2nc(C(C)(C)C)cc2NC(=O)c2cccc3cccnc23)c1. The third kappa shape index (κ3) is 5.57. The number of esters is 1. The molecule has 0 spiro atoms. The predicted octanol–water partition coefficient (Wildman–Crippen LogP) is 5.47. The van der Waals surface area contributed by atoms with Crippen molar-refractivity contribution in [3.63, 3.8) is 0 Å². The molecule has 1 N–H and O–H groups in total. The maximum absolute atomic E-state index is 13.3. The first-order valence-corrected chi connectivity index (χ1v) is 11.8. The molecule has 1 amide bonds. The summed E-state index contributed by atoms with van der Waals surface area (Å²) in [5.74, 6) is 0.0911. The fourth-order valence-corrected chi connectivity index (χ4v) is 3.83. The van der Waals surface area contributed by atoms with E-state index < -0.39 is 0 Å². The van der Waals surface area contributed by atoms with Crippen LogP contribution in [0.5, 0.6) is 0 Å². The van der Waals surface area contributed by atoms with Gasteiger partial charge in [0, 0.05) is 29.5 Å². The van der Waals surface area contributed by atoms with Crippen LogP contribution in [0.1, 0.15) is 55.7 Å². The van der Waals surface area contributed by atoms with Gasteiger partial charge in [0.2, 0.25) is 0 Å². The standard InChI is InChI=1S/C28H30N4O3/c1-5-35-25(33)15-14-19-9-6-12-21(17-19)32-24(18-23(31-32)28(2,3)4)30-27(34)22-13-7-10-20-11-8-16-29-26(20)22/h6-13,16-18H,5,14-15H2,1-4H3,(H,30,34). The Labute approximate surface area is 205 Å². The predicted molar refractivity (Wildman–Crippen MR) is 137 cm³/mol. The first-order chi connectivity index (χ1) is 16.8. The van der Waals surface area contributed by atoms with Crippen LogP contribution in [0.2, 0.25) is 0 Å². The second kappa shape index (κ2) is 10.1. The first kappa shape index (κ1) is 24.1. The highest BCUT2D eigenvalue weighted by Crippen LogP contribution is 2.27. The van der Waals surface area contributed by atoms with E-state index in [9.17, 15) is 9.59 Å². The van der Waals surface area contributed by atoms with Gasteiger partial charge in [0.25, 0.3) is 5.91 Å². The minimum atomic E-state index is -0.255. The molecule has 0 bridgehead atoms. The highest BCUT2D eigenvalue weighted by Gasteiger charge is 2.22. The van der Waals surface area contributed by atoms with Crippen LogP contribution >= 0.6 is 0 Å². The van der Waals surface area contributed by atoms with Gasteiger partial charge >= 0.3 is 5.97 Å². The van der Waals surface area contributed by atoms with Crippen LogP contribution in [-0.4, -0.2) is 33.2 Å².